The third kappa shape index (κ3) is 8.90. The number of nitrogens with one attached hydrogen (secondary N) is 1. The highest BCUT2D eigenvalue weighted by atomic mass is 35.5. The number of hydrogen-bond donors (Lipinski definition) is 1. The normalized spacial score (nSPS) is 12.7. The molecule has 8 nitrogen and oxygen atoms in total. The predicted molar refractivity (Wildman–Crippen MR) is 162 cm³/mol. The molecular formula is C31H36ClN3O5S. The Labute approximate surface area is 247 Å². The molecule has 0 bridgehead atoms. The second kappa shape index (κ2) is 14.3. The minimum Gasteiger partial charge on any atom is -0.352 e. The van der Waals surface area contributed by atoms with Crippen molar-refractivity contribution in [1.29, 1.82) is 0 Å². The summed E-state index contributed by atoms with van der Waals surface area (Å²) in [5.74, 6) is -1.19. The van der Waals surface area contributed by atoms with Crippen LogP contribution in [0.25, 0.3) is 0 Å². The zero-order valence-electron chi connectivity index (χ0n) is 23.7. The van der Waals surface area contributed by atoms with Crippen molar-refractivity contribution in [3.8, 4) is 0 Å². The first-order valence-electron chi connectivity index (χ1n) is 13.4. The van der Waals surface area contributed by atoms with Gasteiger partial charge in [-0.05, 0) is 49.6 Å². The molecule has 0 radical (unpaired) electrons. The Morgan fingerprint density at radius 1 is 0.951 bits per heavy atom. The number of sulfonamides is 1. The quantitative estimate of drug-likeness (QED) is 0.283. The lowest BCUT2D eigenvalue weighted by molar-refractivity contribution is -0.140. The van der Waals surface area contributed by atoms with Gasteiger partial charge in [0.1, 0.15) is 12.6 Å². The van der Waals surface area contributed by atoms with E-state index < -0.39 is 28.5 Å². The summed E-state index contributed by atoms with van der Waals surface area (Å²) in [6.07, 6.45) is 1.89. The first-order chi connectivity index (χ1) is 19.4. The minimum atomic E-state index is -3.95. The van der Waals surface area contributed by atoms with Gasteiger partial charge in [0.25, 0.3) is 0 Å². The summed E-state index contributed by atoms with van der Waals surface area (Å²) in [6, 6.07) is 21.3. The van der Waals surface area contributed by atoms with Crippen LogP contribution in [-0.2, 0) is 32.6 Å². The Kier molecular flexibility index (Phi) is 11.1. The van der Waals surface area contributed by atoms with E-state index in [0.29, 0.717) is 22.6 Å². The van der Waals surface area contributed by atoms with E-state index in [1.165, 1.54) is 24.0 Å². The minimum absolute atomic E-state index is 0.0188. The van der Waals surface area contributed by atoms with E-state index in [1.54, 1.807) is 36.4 Å². The topological polar surface area (TPSA) is 104 Å². The van der Waals surface area contributed by atoms with Gasteiger partial charge in [0.15, 0.2) is 5.78 Å². The maximum absolute atomic E-state index is 14.1. The number of hydrogen-bond acceptors (Lipinski definition) is 5. The maximum Gasteiger partial charge on any atom is 0.244 e. The van der Waals surface area contributed by atoms with Gasteiger partial charge < -0.3 is 10.2 Å². The molecule has 0 aromatic heterocycles. The molecule has 218 valence electrons. The summed E-state index contributed by atoms with van der Waals surface area (Å²) in [7, 11) is -3.95. The number of benzene rings is 3. The number of carbonyl (C=O) groups excluding carboxylic acids is 3. The van der Waals surface area contributed by atoms with Gasteiger partial charge in [-0.1, -0.05) is 79.2 Å². The molecule has 0 spiro atoms. The predicted octanol–water partition coefficient (Wildman–Crippen LogP) is 4.86. The third-order valence-corrected chi connectivity index (χ3v) is 8.30. The average molecular weight is 598 g/mol. The molecule has 0 aliphatic heterocycles. The summed E-state index contributed by atoms with van der Waals surface area (Å²) in [5.41, 5.74) is 1.94. The van der Waals surface area contributed by atoms with Crippen molar-refractivity contribution < 1.29 is 22.8 Å². The zero-order chi connectivity index (χ0) is 30.2. The third-order valence-electron chi connectivity index (χ3n) is 6.79. The second-order valence-corrected chi connectivity index (χ2v) is 12.3. The smallest absolute Gasteiger partial charge is 0.244 e. The standard InChI is InChI=1S/C31H36ClN3O5S/c1-5-22(2)33-31(38)29(18-24-12-7-6-8-13-24)34(20-26-14-9-10-17-28(26)32)30(37)21-35(41(4,39)40)27-16-11-15-25(19-27)23(3)36/h6-17,19,22,29H,5,18,20-21H2,1-4H3,(H,33,38)/t22-,29-/m1/s1. The van der Waals surface area contributed by atoms with Crippen LogP contribution in [0.4, 0.5) is 5.69 Å². The van der Waals surface area contributed by atoms with Gasteiger partial charge in [-0.15, -0.1) is 0 Å². The first kappa shape index (κ1) is 31.8. The van der Waals surface area contributed by atoms with Crippen LogP contribution < -0.4 is 9.62 Å². The summed E-state index contributed by atoms with van der Waals surface area (Å²) < 4.78 is 26.8. The first-order valence-corrected chi connectivity index (χ1v) is 15.6. The Balaban J connectivity index is 2.09. The Morgan fingerprint density at radius 2 is 1.61 bits per heavy atom. The molecule has 0 fully saturated rings. The monoisotopic (exact) mass is 597 g/mol. The van der Waals surface area contributed by atoms with Crippen LogP contribution >= 0.6 is 11.6 Å². The molecule has 2 amide bonds. The lowest BCUT2D eigenvalue weighted by Crippen LogP contribution is -2.54. The van der Waals surface area contributed by atoms with Gasteiger partial charge in [-0.25, -0.2) is 8.42 Å². The molecule has 41 heavy (non-hydrogen) atoms. The van der Waals surface area contributed by atoms with Crippen molar-refractivity contribution in [3.05, 3.63) is 101 Å². The maximum atomic E-state index is 14.1. The fourth-order valence-corrected chi connectivity index (χ4v) is 5.34. The van der Waals surface area contributed by atoms with Crippen molar-refractivity contribution in [3.63, 3.8) is 0 Å². The van der Waals surface area contributed by atoms with Crippen molar-refractivity contribution in [2.75, 3.05) is 17.1 Å². The van der Waals surface area contributed by atoms with E-state index in [1.807, 2.05) is 44.2 Å². The van der Waals surface area contributed by atoms with Crippen molar-refractivity contribution in [2.45, 2.75) is 52.2 Å². The summed E-state index contributed by atoms with van der Waals surface area (Å²) in [6.45, 7) is 4.61. The molecule has 1 N–H and O–H groups in total. The van der Waals surface area contributed by atoms with E-state index in [9.17, 15) is 22.8 Å². The largest absolute Gasteiger partial charge is 0.352 e. The summed E-state index contributed by atoms with van der Waals surface area (Å²) >= 11 is 6.47. The molecule has 0 saturated heterocycles. The SMILES string of the molecule is CC[C@@H](C)NC(=O)[C@@H](Cc1ccccc1)N(Cc1ccccc1Cl)C(=O)CN(c1cccc(C(C)=O)c1)S(C)(=O)=O. The molecule has 3 rings (SSSR count). The average Bonchev–Trinajstić information content (AvgIpc) is 2.94. The molecule has 0 saturated carbocycles. The summed E-state index contributed by atoms with van der Waals surface area (Å²) in [4.78, 5) is 41.2. The molecule has 0 aliphatic rings. The lowest BCUT2D eigenvalue weighted by Gasteiger charge is -2.34. The highest BCUT2D eigenvalue weighted by Gasteiger charge is 2.33. The van der Waals surface area contributed by atoms with Gasteiger partial charge in [-0.2, -0.15) is 0 Å². The molecule has 2 atom stereocenters. The zero-order valence-corrected chi connectivity index (χ0v) is 25.3. The Morgan fingerprint density at radius 3 is 2.22 bits per heavy atom. The number of anilines is 1. The molecular weight excluding hydrogens is 562 g/mol. The van der Waals surface area contributed by atoms with Gasteiger partial charge in [0.2, 0.25) is 21.8 Å². The van der Waals surface area contributed by atoms with E-state index in [0.717, 1.165) is 16.1 Å². The molecule has 0 unspecified atom stereocenters. The van der Waals surface area contributed by atoms with E-state index in [2.05, 4.69) is 5.32 Å². The van der Waals surface area contributed by atoms with Crippen molar-refractivity contribution >= 4 is 44.9 Å². The second-order valence-electron chi connectivity index (χ2n) is 10.0. The van der Waals surface area contributed by atoms with Crippen LogP contribution in [0.5, 0.6) is 0 Å². The number of nitrogens with zero attached hydrogens (tertiary/aromatic N) is 2. The number of amides is 2. The van der Waals surface area contributed by atoms with Gasteiger partial charge >= 0.3 is 0 Å². The number of Topliss-reactive ketones (excluding diaryl/α,β-unsaturated/α-hetero) is 1. The van der Waals surface area contributed by atoms with Crippen LogP contribution in [0.2, 0.25) is 5.02 Å². The van der Waals surface area contributed by atoms with E-state index >= 15 is 0 Å². The fraction of sp³-hybridized carbons (Fsp3) is 0.323. The Bertz CT molecular complexity index is 1480. The van der Waals surface area contributed by atoms with Gasteiger partial charge in [-0.3, -0.25) is 18.7 Å². The number of ketones is 1. The van der Waals surface area contributed by atoms with E-state index in [4.69, 9.17) is 11.6 Å². The van der Waals surface area contributed by atoms with Gasteiger partial charge in [0.05, 0.1) is 11.9 Å². The molecule has 3 aromatic rings. The van der Waals surface area contributed by atoms with Crippen LogP contribution in [-0.4, -0.2) is 55.8 Å². The lowest BCUT2D eigenvalue weighted by atomic mass is 10.0. The molecule has 0 heterocycles. The Hall–Kier alpha value is -3.69. The molecule has 3 aromatic carbocycles. The van der Waals surface area contributed by atoms with Crippen LogP contribution in [0.3, 0.4) is 0 Å². The fourth-order valence-electron chi connectivity index (χ4n) is 4.30. The van der Waals surface area contributed by atoms with Crippen LogP contribution in [0, 0.1) is 0 Å². The van der Waals surface area contributed by atoms with Crippen molar-refractivity contribution in [2.24, 2.45) is 0 Å². The highest BCUT2D eigenvalue weighted by molar-refractivity contribution is 7.92. The summed E-state index contributed by atoms with van der Waals surface area (Å²) in [5, 5.41) is 3.40. The van der Waals surface area contributed by atoms with E-state index in [-0.39, 0.29) is 36.4 Å². The molecule has 0 aliphatic carbocycles. The molecule has 10 heteroatoms. The number of halogens is 1. The highest BCUT2D eigenvalue weighted by Crippen LogP contribution is 2.24. The van der Waals surface area contributed by atoms with Crippen molar-refractivity contribution in [1.82, 2.24) is 10.2 Å². The number of rotatable bonds is 13. The van der Waals surface area contributed by atoms with Crippen LogP contribution in [0.1, 0.15) is 48.7 Å². The van der Waals surface area contributed by atoms with Crippen LogP contribution in [0.15, 0.2) is 78.9 Å². The van der Waals surface area contributed by atoms with Gasteiger partial charge in [0, 0.05) is 29.6 Å². The number of carbonyl (C=O) groups is 3.